The van der Waals surface area contributed by atoms with Crippen LogP contribution in [0.5, 0.6) is 0 Å². The van der Waals surface area contributed by atoms with Gasteiger partial charge in [0.05, 0.1) is 5.92 Å². The maximum atomic E-state index is 12.9. The van der Waals surface area contributed by atoms with Crippen molar-refractivity contribution in [3.8, 4) is 0 Å². The first-order valence-corrected chi connectivity index (χ1v) is 9.78. The highest BCUT2D eigenvalue weighted by Gasteiger charge is 2.44. The van der Waals surface area contributed by atoms with Crippen LogP contribution >= 0.6 is 0 Å². The third-order valence-corrected chi connectivity index (χ3v) is 6.90. The lowest BCUT2D eigenvalue weighted by atomic mass is 9.90. The van der Waals surface area contributed by atoms with E-state index >= 15 is 0 Å². The molecule has 0 spiro atoms. The molecule has 0 bridgehead atoms. The van der Waals surface area contributed by atoms with Gasteiger partial charge in [0.2, 0.25) is 0 Å². The maximum absolute atomic E-state index is 12.9. The van der Waals surface area contributed by atoms with Gasteiger partial charge < -0.3 is 5.11 Å². The zero-order valence-electron chi connectivity index (χ0n) is 13.5. The summed E-state index contributed by atoms with van der Waals surface area (Å²) in [5, 5.41) is 9.53. The fourth-order valence-corrected chi connectivity index (χ4v) is 5.32. The molecule has 2 fully saturated rings. The second-order valence-corrected chi connectivity index (χ2v) is 8.40. The van der Waals surface area contributed by atoms with Gasteiger partial charge in [0.1, 0.15) is 0 Å². The normalized spacial score (nSPS) is 27.0. The van der Waals surface area contributed by atoms with Crippen LogP contribution in [0.1, 0.15) is 37.2 Å². The van der Waals surface area contributed by atoms with Crippen molar-refractivity contribution in [2.45, 2.75) is 31.6 Å². The Labute approximate surface area is 142 Å². The Morgan fingerprint density at radius 3 is 2.42 bits per heavy atom. The van der Waals surface area contributed by atoms with Crippen LogP contribution in [0.4, 0.5) is 0 Å². The van der Waals surface area contributed by atoms with Gasteiger partial charge >= 0.3 is 5.97 Å². The molecule has 0 amide bonds. The zero-order chi connectivity index (χ0) is 17.2. The molecule has 2 aliphatic rings. The smallest absolute Gasteiger partial charge is 0.308 e. The number of nitrogens with zero attached hydrogens (tertiary/aromatic N) is 3. The zero-order valence-corrected chi connectivity index (χ0v) is 14.4. The summed E-state index contributed by atoms with van der Waals surface area (Å²) in [5.41, 5.74) is 0.776. The quantitative estimate of drug-likeness (QED) is 0.881. The van der Waals surface area contributed by atoms with Crippen LogP contribution in [0, 0.1) is 5.92 Å². The molecule has 2 atom stereocenters. The number of hydrogen-bond donors (Lipinski definition) is 1. The van der Waals surface area contributed by atoms with Gasteiger partial charge in [-0.05, 0) is 24.5 Å². The highest BCUT2D eigenvalue weighted by molar-refractivity contribution is 7.86. The third kappa shape index (κ3) is 3.45. The predicted molar refractivity (Wildman–Crippen MR) is 88.6 cm³/mol. The van der Waals surface area contributed by atoms with Crippen LogP contribution < -0.4 is 0 Å². The molecule has 2 aliphatic heterocycles. The number of carboxylic acid groups (broad SMARTS) is 1. The molecule has 1 aromatic rings. The molecule has 7 nitrogen and oxygen atoms in total. The molecule has 24 heavy (non-hydrogen) atoms. The van der Waals surface area contributed by atoms with Crippen LogP contribution in [-0.2, 0) is 15.0 Å². The average Bonchev–Trinajstić information content (AvgIpc) is 2.85. The van der Waals surface area contributed by atoms with Crippen molar-refractivity contribution in [2.24, 2.45) is 5.92 Å². The van der Waals surface area contributed by atoms with Crippen molar-refractivity contribution in [1.29, 1.82) is 0 Å². The van der Waals surface area contributed by atoms with Crippen molar-refractivity contribution in [2.75, 3.05) is 26.2 Å². The Hall–Kier alpha value is -1.51. The van der Waals surface area contributed by atoms with Crippen molar-refractivity contribution in [3.05, 3.63) is 30.1 Å². The molecule has 0 aromatic carbocycles. The van der Waals surface area contributed by atoms with E-state index in [4.69, 9.17) is 0 Å². The molecule has 132 valence electrons. The van der Waals surface area contributed by atoms with Crippen molar-refractivity contribution in [3.63, 3.8) is 0 Å². The Morgan fingerprint density at radius 1 is 1.12 bits per heavy atom. The van der Waals surface area contributed by atoms with Crippen molar-refractivity contribution >= 4 is 16.2 Å². The Bertz CT molecular complexity index is 672. The first kappa shape index (κ1) is 17.3. The Kier molecular flexibility index (Phi) is 5.17. The van der Waals surface area contributed by atoms with Gasteiger partial charge in [0.15, 0.2) is 0 Å². The SMILES string of the molecule is O=C(O)C1CN(S(=O)(=O)N2CCCCCC2)CC1c1cccnc1. The Balaban J connectivity index is 1.83. The summed E-state index contributed by atoms with van der Waals surface area (Å²) in [6.45, 7) is 1.26. The van der Waals surface area contributed by atoms with Gasteiger partial charge in [-0.3, -0.25) is 9.78 Å². The highest BCUT2D eigenvalue weighted by atomic mass is 32.2. The summed E-state index contributed by atoms with van der Waals surface area (Å²) in [4.78, 5) is 15.7. The van der Waals surface area contributed by atoms with Crippen molar-refractivity contribution in [1.82, 2.24) is 13.6 Å². The summed E-state index contributed by atoms with van der Waals surface area (Å²) in [5.74, 6) is -2.06. The fourth-order valence-electron chi connectivity index (χ4n) is 3.58. The standard InChI is InChI=1S/C16H23N3O4S/c20-16(21)15-12-19(11-14(15)13-6-5-7-17-10-13)24(22,23)18-8-3-1-2-4-9-18/h5-7,10,14-15H,1-4,8-9,11-12H2,(H,20,21). The monoisotopic (exact) mass is 353 g/mol. The number of aliphatic carboxylic acids is 1. The van der Waals surface area contributed by atoms with E-state index in [0.717, 1.165) is 31.2 Å². The van der Waals surface area contributed by atoms with E-state index < -0.39 is 22.1 Å². The molecule has 2 saturated heterocycles. The van der Waals surface area contributed by atoms with Gasteiger partial charge in [-0.2, -0.15) is 17.0 Å². The first-order chi connectivity index (χ1) is 11.5. The molecule has 0 aliphatic carbocycles. The first-order valence-electron chi connectivity index (χ1n) is 8.38. The number of carbonyl (C=O) groups is 1. The molecule has 3 heterocycles. The van der Waals surface area contributed by atoms with Crippen molar-refractivity contribution < 1.29 is 18.3 Å². The van der Waals surface area contributed by atoms with Gasteiger partial charge in [0, 0.05) is 44.5 Å². The summed E-state index contributed by atoms with van der Waals surface area (Å²) in [6, 6.07) is 3.57. The largest absolute Gasteiger partial charge is 0.481 e. The topological polar surface area (TPSA) is 90.8 Å². The van der Waals surface area contributed by atoms with E-state index in [1.54, 1.807) is 18.5 Å². The van der Waals surface area contributed by atoms with Crippen LogP contribution in [-0.4, -0.2) is 59.3 Å². The Morgan fingerprint density at radius 2 is 1.83 bits per heavy atom. The summed E-state index contributed by atoms with van der Waals surface area (Å²) in [7, 11) is -3.61. The lowest BCUT2D eigenvalue weighted by molar-refractivity contribution is -0.141. The van der Waals surface area contributed by atoms with Gasteiger partial charge in [0.25, 0.3) is 10.2 Å². The van der Waals surface area contributed by atoms with E-state index in [-0.39, 0.29) is 19.0 Å². The molecule has 0 radical (unpaired) electrons. The van der Waals surface area contributed by atoms with E-state index in [2.05, 4.69) is 4.98 Å². The minimum Gasteiger partial charge on any atom is -0.481 e. The summed E-state index contributed by atoms with van der Waals surface area (Å²) in [6.07, 6.45) is 7.07. The molecule has 1 aromatic heterocycles. The van der Waals surface area contributed by atoms with Gasteiger partial charge in [-0.1, -0.05) is 18.9 Å². The maximum Gasteiger partial charge on any atom is 0.308 e. The van der Waals surface area contributed by atoms with E-state index in [0.29, 0.717) is 13.1 Å². The lowest BCUT2D eigenvalue weighted by Gasteiger charge is -2.26. The number of hydrogen-bond acceptors (Lipinski definition) is 4. The molecule has 3 rings (SSSR count). The number of aromatic nitrogens is 1. The third-order valence-electron chi connectivity index (χ3n) is 4.93. The van der Waals surface area contributed by atoms with E-state index in [1.165, 1.54) is 8.61 Å². The predicted octanol–water partition coefficient (Wildman–Crippen LogP) is 1.30. The number of carboxylic acids is 1. The second kappa shape index (κ2) is 7.16. The van der Waals surface area contributed by atoms with Crippen LogP contribution in [0.2, 0.25) is 0 Å². The van der Waals surface area contributed by atoms with Gasteiger partial charge in [-0.25, -0.2) is 0 Å². The minimum atomic E-state index is -3.61. The minimum absolute atomic E-state index is 0.0216. The highest BCUT2D eigenvalue weighted by Crippen LogP contribution is 2.35. The number of pyridine rings is 1. The van der Waals surface area contributed by atoms with Crippen LogP contribution in [0.25, 0.3) is 0 Å². The molecular weight excluding hydrogens is 330 g/mol. The van der Waals surface area contributed by atoms with Crippen LogP contribution in [0.3, 0.4) is 0 Å². The van der Waals surface area contributed by atoms with E-state index in [9.17, 15) is 18.3 Å². The molecule has 1 N–H and O–H groups in total. The summed E-state index contributed by atoms with van der Waals surface area (Å²) >= 11 is 0. The lowest BCUT2D eigenvalue weighted by Crippen LogP contribution is -2.43. The van der Waals surface area contributed by atoms with Crippen LogP contribution in [0.15, 0.2) is 24.5 Å². The average molecular weight is 353 g/mol. The van der Waals surface area contributed by atoms with Gasteiger partial charge in [-0.15, -0.1) is 0 Å². The molecule has 8 heteroatoms. The molecule has 0 saturated carbocycles. The molecule has 2 unspecified atom stereocenters. The summed E-state index contributed by atoms with van der Waals surface area (Å²) < 4.78 is 28.7. The second-order valence-electron chi connectivity index (χ2n) is 6.48. The number of rotatable bonds is 4. The van der Waals surface area contributed by atoms with E-state index in [1.807, 2.05) is 6.07 Å². The molecular formula is C16H23N3O4S. The fraction of sp³-hybridized carbons (Fsp3) is 0.625.